The first-order valence-corrected chi connectivity index (χ1v) is 12.9. The van der Waals surface area contributed by atoms with Crippen molar-refractivity contribution in [2.45, 2.75) is 32.5 Å². The van der Waals surface area contributed by atoms with Crippen molar-refractivity contribution >= 4 is 17.5 Å². The van der Waals surface area contributed by atoms with Gasteiger partial charge in [-0.2, -0.15) is 0 Å². The molecule has 1 aromatic carbocycles. The maximum Gasteiger partial charge on any atom is 0.319 e. The van der Waals surface area contributed by atoms with E-state index in [1.54, 1.807) is 0 Å². The number of aromatic nitrogens is 2. The molecule has 0 spiro atoms. The highest BCUT2D eigenvalue weighted by atomic mass is 16.5. The molecule has 0 bridgehead atoms. The summed E-state index contributed by atoms with van der Waals surface area (Å²) < 4.78 is 17.5. The number of benzene rings is 1. The summed E-state index contributed by atoms with van der Waals surface area (Å²) in [4.78, 5) is 26.7. The zero-order chi connectivity index (χ0) is 25.0. The number of ether oxygens (including phenoxy) is 3. The van der Waals surface area contributed by atoms with Crippen molar-refractivity contribution in [3.63, 3.8) is 0 Å². The fourth-order valence-corrected chi connectivity index (χ4v) is 4.93. The molecule has 0 radical (unpaired) electrons. The standard InChI is InChI=1S/C26H36N6O4/c1-3-27-25(33)28-20-6-4-19(5-7-20)23-29-22-21(24(30-23)32-12-16-35-17-13-32)18-36-26(22,2)8-9-31-10-14-34-15-11-31/h4-7H,3,8-18H2,1-2H3,(H2,27,28,33). The third-order valence-electron chi connectivity index (χ3n) is 7.08. The molecule has 194 valence electrons. The summed E-state index contributed by atoms with van der Waals surface area (Å²) in [7, 11) is 0. The maximum atomic E-state index is 11.9. The lowest BCUT2D eigenvalue weighted by molar-refractivity contribution is -0.0441. The molecule has 2 fully saturated rings. The number of morpholine rings is 2. The van der Waals surface area contributed by atoms with E-state index in [1.807, 2.05) is 31.2 Å². The van der Waals surface area contributed by atoms with Crippen LogP contribution < -0.4 is 15.5 Å². The molecular formula is C26H36N6O4. The molecule has 0 saturated carbocycles. The second-order valence-electron chi connectivity index (χ2n) is 9.58. The fourth-order valence-electron chi connectivity index (χ4n) is 4.93. The lowest BCUT2D eigenvalue weighted by atomic mass is 9.95. The molecule has 10 nitrogen and oxygen atoms in total. The molecular weight excluding hydrogens is 460 g/mol. The van der Waals surface area contributed by atoms with Crippen LogP contribution in [-0.4, -0.2) is 86.6 Å². The van der Waals surface area contributed by atoms with Crippen molar-refractivity contribution in [3.8, 4) is 11.4 Å². The molecule has 1 aromatic heterocycles. The van der Waals surface area contributed by atoms with Crippen LogP contribution in [0.1, 0.15) is 31.5 Å². The Balaban J connectivity index is 1.44. The highest BCUT2D eigenvalue weighted by molar-refractivity contribution is 5.89. The Bertz CT molecular complexity index is 1050. The van der Waals surface area contributed by atoms with Gasteiger partial charge in [-0.25, -0.2) is 14.8 Å². The van der Waals surface area contributed by atoms with E-state index in [0.29, 0.717) is 32.2 Å². The molecule has 5 rings (SSSR count). The average molecular weight is 497 g/mol. The Labute approximate surface area is 212 Å². The molecule has 2 aromatic rings. The Kier molecular flexibility index (Phi) is 7.66. The van der Waals surface area contributed by atoms with Crippen LogP contribution >= 0.6 is 0 Å². The van der Waals surface area contributed by atoms with E-state index in [2.05, 4.69) is 27.4 Å². The first-order valence-electron chi connectivity index (χ1n) is 12.9. The van der Waals surface area contributed by atoms with Crippen LogP contribution in [0.15, 0.2) is 24.3 Å². The SMILES string of the molecule is CCNC(=O)Nc1ccc(-c2nc(N3CCOCC3)c3c(n2)C(C)(CCN2CCOCC2)OC3)cc1. The highest BCUT2D eigenvalue weighted by Gasteiger charge is 2.41. The van der Waals surface area contributed by atoms with Gasteiger partial charge in [0.2, 0.25) is 0 Å². The Morgan fingerprint density at radius 2 is 1.72 bits per heavy atom. The number of carbonyl (C=O) groups excluding carboxylic acids is 1. The molecule has 1 unspecified atom stereocenters. The average Bonchev–Trinajstić information content (AvgIpc) is 3.25. The normalized spacial score (nSPS) is 22.3. The lowest BCUT2D eigenvalue weighted by Crippen LogP contribution is -2.39. The maximum absolute atomic E-state index is 11.9. The summed E-state index contributed by atoms with van der Waals surface area (Å²) in [6.07, 6.45) is 0.856. The van der Waals surface area contributed by atoms with Crippen LogP contribution in [0.5, 0.6) is 0 Å². The van der Waals surface area contributed by atoms with Gasteiger partial charge in [0.15, 0.2) is 5.82 Å². The van der Waals surface area contributed by atoms with Crippen molar-refractivity contribution in [1.82, 2.24) is 20.2 Å². The molecule has 0 aliphatic carbocycles. The monoisotopic (exact) mass is 496 g/mol. The van der Waals surface area contributed by atoms with Gasteiger partial charge in [-0.3, -0.25) is 4.90 Å². The summed E-state index contributed by atoms with van der Waals surface area (Å²) in [5, 5.41) is 5.58. The van der Waals surface area contributed by atoms with E-state index in [9.17, 15) is 4.79 Å². The van der Waals surface area contributed by atoms with Crippen molar-refractivity contribution in [2.24, 2.45) is 0 Å². The number of nitrogens with one attached hydrogen (secondary N) is 2. The van der Waals surface area contributed by atoms with Crippen molar-refractivity contribution in [1.29, 1.82) is 0 Å². The van der Waals surface area contributed by atoms with Gasteiger partial charge < -0.3 is 29.7 Å². The second-order valence-corrected chi connectivity index (χ2v) is 9.58. The Morgan fingerprint density at radius 3 is 2.42 bits per heavy atom. The van der Waals surface area contributed by atoms with Crippen LogP contribution in [0.4, 0.5) is 16.3 Å². The molecule has 3 aliphatic rings. The van der Waals surface area contributed by atoms with Crippen LogP contribution in [0, 0.1) is 0 Å². The van der Waals surface area contributed by atoms with Gasteiger partial charge in [0.1, 0.15) is 11.4 Å². The van der Waals surface area contributed by atoms with E-state index < -0.39 is 5.60 Å². The minimum Gasteiger partial charge on any atom is -0.379 e. The molecule has 1 atom stereocenters. The number of rotatable bonds is 7. The predicted molar refractivity (Wildman–Crippen MR) is 137 cm³/mol. The number of amides is 2. The Hall–Kier alpha value is -2.79. The van der Waals surface area contributed by atoms with Crippen molar-refractivity contribution < 1.29 is 19.0 Å². The number of hydrogen-bond donors (Lipinski definition) is 2. The van der Waals surface area contributed by atoms with E-state index >= 15 is 0 Å². The lowest BCUT2D eigenvalue weighted by Gasteiger charge is -2.32. The van der Waals surface area contributed by atoms with Crippen LogP contribution in [0.2, 0.25) is 0 Å². The topological polar surface area (TPSA) is 101 Å². The summed E-state index contributed by atoms with van der Waals surface area (Å²) in [6.45, 7) is 12.5. The number of nitrogens with zero attached hydrogens (tertiary/aromatic N) is 4. The molecule has 2 N–H and O–H groups in total. The molecule has 10 heteroatoms. The minimum atomic E-state index is -0.480. The van der Waals surface area contributed by atoms with Gasteiger partial charge in [-0.05, 0) is 44.5 Å². The van der Waals surface area contributed by atoms with E-state index in [1.165, 1.54) is 0 Å². The summed E-state index contributed by atoms with van der Waals surface area (Å²) in [5.74, 6) is 1.61. The smallest absolute Gasteiger partial charge is 0.319 e. The first kappa shape index (κ1) is 24.9. The van der Waals surface area contributed by atoms with Gasteiger partial charge in [0.25, 0.3) is 0 Å². The van der Waals surface area contributed by atoms with Gasteiger partial charge >= 0.3 is 6.03 Å². The molecule has 2 amide bonds. The summed E-state index contributed by atoms with van der Waals surface area (Å²) in [6, 6.07) is 7.44. The number of fused-ring (bicyclic) bond motifs is 1. The van der Waals surface area contributed by atoms with E-state index in [-0.39, 0.29) is 6.03 Å². The predicted octanol–water partition coefficient (Wildman–Crippen LogP) is 2.59. The largest absolute Gasteiger partial charge is 0.379 e. The van der Waals surface area contributed by atoms with Crippen molar-refractivity contribution in [3.05, 3.63) is 35.5 Å². The number of hydrogen-bond acceptors (Lipinski definition) is 8. The number of urea groups is 1. The summed E-state index contributed by atoms with van der Waals surface area (Å²) in [5.41, 5.74) is 3.20. The minimum absolute atomic E-state index is 0.221. The van der Waals surface area contributed by atoms with Crippen molar-refractivity contribution in [2.75, 3.05) is 75.9 Å². The molecule has 2 saturated heterocycles. The zero-order valence-electron chi connectivity index (χ0n) is 21.2. The van der Waals surface area contributed by atoms with Gasteiger partial charge in [-0.1, -0.05) is 0 Å². The first-order chi connectivity index (χ1) is 17.6. The fraction of sp³-hybridized carbons (Fsp3) is 0.577. The van der Waals surface area contributed by atoms with Gasteiger partial charge in [0.05, 0.1) is 38.7 Å². The second kappa shape index (κ2) is 11.1. The number of carbonyl (C=O) groups is 1. The quantitative estimate of drug-likeness (QED) is 0.603. The molecule has 36 heavy (non-hydrogen) atoms. The Morgan fingerprint density at radius 1 is 1.03 bits per heavy atom. The highest BCUT2D eigenvalue weighted by Crippen LogP contribution is 2.42. The van der Waals surface area contributed by atoms with E-state index in [0.717, 1.165) is 80.7 Å². The van der Waals surface area contributed by atoms with Gasteiger partial charge in [0, 0.05) is 56.1 Å². The molecule has 3 aliphatic heterocycles. The van der Waals surface area contributed by atoms with Crippen LogP contribution in [0.3, 0.4) is 0 Å². The van der Waals surface area contributed by atoms with Crippen LogP contribution in [-0.2, 0) is 26.4 Å². The number of anilines is 2. The summed E-state index contributed by atoms with van der Waals surface area (Å²) >= 11 is 0. The molecule has 4 heterocycles. The van der Waals surface area contributed by atoms with Gasteiger partial charge in [-0.15, -0.1) is 0 Å². The third-order valence-corrected chi connectivity index (χ3v) is 7.08. The third kappa shape index (κ3) is 5.46. The van der Waals surface area contributed by atoms with E-state index in [4.69, 9.17) is 24.2 Å². The van der Waals surface area contributed by atoms with Crippen LogP contribution in [0.25, 0.3) is 11.4 Å². The zero-order valence-corrected chi connectivity index (χ0v) is 21.2.